The number of rotatable bonds is 3. The molecule has 1 aromatic heterocycles. The molecular weight excluding hydrogens is 506 g/mol. The highest BCUT2D eigenvalue weighted by molar-refractivity contribution is 6.34. The van der Waals surface area contributed by atoms with Gasteiger partial charge in [0, 0.05) is 27.0 Å². The first-order valence-corrected chi connectivity index (χ1v) is 13.9. The third-order valence-corrected chi connectivity index (χ3v) is 8.37. The van der Waals surface area contributed by atoms with Crippen LogP contribution in [0.3, 0.4) is 0 Å². The summed E-state index contributed by atoms with van der Waals surface area (Å²) in [6.07, 6.45) is 0. The molecule has 0 N–H and O–H groups in total. The van der Waals surface area contributed by atoms with Gasteiger partial charge >= 0.3 is 0 Å². The lowest BCUT2D eigenvalue weighted by atomic mass is 9.91. The molecule has 1 nitrogen and oxygen atoms in total. The summed E-state index contributed by atoms with van der Waals surface area (Å²) >= 11 is 6.91. The van der Waals surface area contributed by atoms with Crippen molar-refractivity contribution in [3.8, 4) is 27.9 Å². The van der Waals surface area contributed by atoms with Crippen LogP contribution in [0.1, 0.15) is 0 Å². The molecule has 0 saturated carbocycles. The number of hydrogen-bond acceptors (Lipinski definition) is 0. The van der Waals surface area contributed by atoms with Gasteiger partial charge in [0.25, 0.3) is 0 Å². The summed E-state index contributed by atoms with van der Waals surface area (Å²) in [6, 6.07) is 51.9. The van der Waals surface area contributed by atoms with Crippen LogP contribution in [0.4, 0.5) is 0 Å². The Morgan fingerprint density at radius 1 is 0.400 bits per heavy atom. The fourth-order valence-electron chi connectivity index (χ4n) is 6.21. The maximum atomic E-state index is 6.91. The zero-order valence-electron chi connectivity index (χ0n) is 21.7. The van der Waals surface area contributed by atoms with Gasteiger partial charge in [-0.3, -0.25) is 0 Å². The Labute approximate surface area is 237 Å². The summed E-state index contributed by atoms with van der Waals surface area (Å²) in [7, 11) is 0. The van der Waals surface area contributed by atoms with Crippen molar-refractivity contribution < 1.29 is 0 Å². The molecule has 0 amide bonds. The van der Waals surface area contributed by atoms with Gasteiger partial charge in [0.05, 0.1) is 11.0 Å². The molecule has 0 radical (unpaired) electrons. The van der Waals surface area contributed by atoms with Crippen molar-refractivity contribution in [3.63, 3.8) is 0 Å². The van der Waals surface area contributed by atoms with Crippen LogP contribution in [-0.2, 0) is 0 Å². The summed E-state index contributed by atoms with van der Waals surface area (Å²) in [5, 5.41) is 8.20. The van der Waals surface area contributed by atoms with Gasteiger partial charge in [-0.1, -0.05) is 115 Å². The first kappa shape index (κ1) is 23.1. The number of fused-ring (bicyclic) bond motifs is 6. The largest absolute Gasteiger partial charge is 0.309 e. The molecular formula is C38H24ClN. The minimum absolute atomic E-state index is 0.753. The third kappa shape index (κ3) is 3.56. The number of aromatic nitrogens is 1. The van der Waals surface area contributed by atoms with Crippen molar-refractivity contribution >= 4 is 55.0 Å². The highest BCUT2D eigenvalue weighted by Gasteiger charge is 2.14. The van der Waals surface area contributed by atoms with Gasteiger partial charge in [-0.2, -0.15) is 0 Å². The monoisotopic (exact) mass is 529 g/mol. The molecule has 188 valence electrons. The zero-order chi connectivity index (χ0) is 26.6. The number of halogens is 1. The smallest absolute Gasteiger partial charge is 0.0541 e. The van der Waals surface area contributed by atoms with E-state index in [1.807, 2.05) is 6.07 Å². The molecule has 40 heavy (non-hydrogen) atoms. The summed E-state index contributed by atoms with van der Waals surface area (Å²) in [6.45, 7) is 0. The predicted octanol–water partition coefficient (Wildman–Crippen LogP) is 11.1. The molecule has 0 saturated heterocycles. The second-order valence-corrected chi connectivity index (χ2v) is 10.7. The van der Waals surface area contributed by atoms with E-state index >= 15 is 0 Å². The van der Waals surface area contributed by atoms with Crippen molar-refractivity contribution in [2.45, 2.75) is 0 Å². The Kier molecular flexibility index (Phi) is 5.26. The van der Waals surface area contributed by atoms with E-state index < -0.39 is 0 Å². The second kappa shape index (κ2) is 9.12. The number of benzene rings is 7. The Morgan fingerprint density at radius 3 is 1.75 bits per heavy atom. The van der Waals surface area contributed by atoms with E-state index in [-0.39, 0.29) is 0 Å². The van der Waals surface area contributed by atoms with Crippen LogP contribution in [0.5, 0.6) is 0 Å². The summed E-state index contributed by atoms with van der Waals surface area (Å²) in [5.74, 6) is 0. The minimum atomic E-state index is 0.753. The molecule has 0 aliphatic heterocycles. The molecule has 0 bridgehead atoms. The number of nitrogens with zero attached hydrogens (tertiary/aromatic N) is 1. The zero-order valence-corrected chi connectivity index (χ0v) is 22.4. The van der Waals surface area contributed by atoms with E-state index in [0.29, 0.717) is 0 Å². The summed E-state index contributed by atoms with van der Waals surface area (Å²) in [5.41, 5.74) is 8.05. The molecule has 2 heteroatoms. The van der Waals surface area contributed by atoms with E-state index in [1.165, 1.54) is 43.4 Å². The van der Waals surface area contributed by atoms with Crippen LogP contribution in [0, 0.1) is 0 Å². The summed E-state index contributed by atoms with van der Waals surface area (Å²) in [4.78, 5) is 0. The Hall–Kier alpha value is -4.85. The fraction of sp³-hybridized carbons (Fsp3) is 0. The topological polar surface area (TPSA) is 4.93 Å². The third-order valence-electron chi connectivity index (χ3n) is 8.04. The van der Waals surface area contributed by atoms with Crippen molar-refractivity contribution in [2.24, 2.45) is 0 Å². The lowest BCUT2D eigenvalue weighted by Crippen LogP contribution is -1.94. The molecule has 0 aliphatic carbocycles. The van der Waals surface area contributed by atoms with Crippen LogP contribution in [0.2, 0.25) is 5.02 Å². The van der Waals surface area contributed by atoms with Crippen LogP contribution < -0.4 is 0 Å². The van der Waals surface area contributed by atoms with Crippen LogP contribution in [0.25, 0.3) is 71.3 Å². The van der Waals surface area contributed by atoms with E-state index in [2.05, 4.69) is 144 Å². The van der Waals surface area contributed by atoms with Crippen molar-refractivity contribution in [1.82, 2.24) is 4.57 Å². The van der Waals surface area contributed by atoms with Crippen molar-refractivity contribution in [2.75, 3.05) is 0 Å². The molecule has 0 unspecified atom stereocenters. The van der Waals surface area contributed by atoms with Crippen LogP contribution >= 0.6 is 11.6 Å². The maximum Gasteiger partial charge on any atom is 0.0541 e. The first-order valence-electron chi connectivity index (χ1n) is 13.6. The molecule has 7 aromatic carbocycles. The fourth-order valence-corrected chi connectivity index (χ4v) is 6.43. The summed E-state index contributed by atoms with van der Waals surface area (Å²) < 4.78 is 2.36. The van der Waals surface area contributed by atoms with Crippen molar-refractivity contribution in [1.29, 1.82) is 0 Å². The highest BCUT2D eigenvalue weighted by Crippen LogP contribution is 2.40. The highest BCUT2D eigenvalue weighted by atomic mass is 35.5. The molecule has 0 aliphatic rings. The van der Waals surface area contributed by atoms with E-state index in [9.17, 15) is 0 Å². The van der Waals surface area contributed by atoms with Gasteiger partial charge < -0.3 is 4.57 Å². The molecule has 8 rings (SSSR count). The lowest BCUT2D eigenvalue weighted by Gasteiger charge is -2.14. The van der Waals surface area contributed by atoms with Gasteiger partial charge in [-0.15, -0.1) is 0 Å². The SMILES string of the molecule is Clc1ccc(-c2cccc(-n3c4ccccc4c4ccccc43)c2)cc1-c1cc2ccccc2c2ccccc12. The average Bonchev–Trinajstić information content (AvgIpc) is 3.35. The Balaban J connectivity index is 1.32. The van der Waals surface area contributed by atoms with Crippen LogP contribution in [0.15, 0.2) is 146 Å². The van der Waals surface area contributed by atoms with Crippen molar-refractivity contribution in [3.05, 3.63) is 151 Å². The average molecular weight is 530 g/mol. The van der Waals surface area contributed by atoms with E-state index in [1.54, 1.807) is 0 Å². The van der Waals surface area contributed by atoms with Gasteiger partial charge in [0.2, 0.25) is 0 Å². The standard InChI is InChI=1S/C38H24ClN/c39-36-21-20-26(23-35(36)34-24-27-10-1-2-13-29(27)30-14-3-4-15-31(30)34)25-11-9-12-28(22-25)40-37-18-7-5-16-32(37)33-17-6-8-19-38(33)40/h1-24H. The molecule has 8 aromatic rings. The molecule has 0 spiro atoms. The minimum Gasteiger partial charge on any atom is -0.309 e. The molecule has 1 heterocycles. The Morgan fingerprint density at radius 2 is 1.00 bits per heavy atom. The molecule has 0 fully saturated rings. The Bertz CT molecular complexity index is 2180. The predicted molar refractivity (Wildman–Crippen MR) is 172 cm³/mol. The van der Waals surface area contributed by atoms with E-state index in [0.717, 1.165) is 33.0 Å². The lowest BCUT2D eigenvalue weighted by molar-refractivity contribution is 1.18. The number of para-hydroxylation sites is 2. The van der Waals surface area contributed by atoms with E-state index in [4.69, 9.17) is 11.6 Å². The number of hydrogen-bond donors (Lipinski definition) is 0. The van der Waals surface area contributed by atoms with Gasteiger partial charge in [-0.25, -0.2) is 0 Å². The molecule has 0 atom stereocenters. The van der Waals surface area contributed by atoms with Gasteiger partial charge in [0.15, 0.2) is 0 Å². The second-order valence-electron chi connectivity index (χ2n) is 10.3. The quantitative estimate of drug-likeness (QED) is 0.200. The van der Waals surface area contributed by atoms with Gasteiger partial charge in [-0.05, 0) is 80.7 Å². The van der Waals surface area contributed by atoms with Crippen LogP contribution in [-0.4, -0.2) is 4.57 Å². The first-order chi connectivity index (χ1) is 19.8. The van der Waals surface area contributed by atoms with Gasteiger partial charge in [0.1, 0.15) is 0 Å². The normalized spacial score (nSPS) is 11.6. The maximum absolute atomic E-state index is 6.91.